The topological polar surface area (TPSA) is 45.7 Å². The molecule has 2 atom stereocenters. The van der Waals surface area contributed by atoms with E-state index < -0.39 is 11.7 Å². The molecule has 0 N–H and O–H groups in total. The third kappa shape index (κ3) is 5.11. The minimum atomic E-state index is -4.39. The second kappa shape index (κ2) is 9.58. The van der Waals surface area contributed by atoms with Crippen molar-refractivity contribution in [2.24, 2.45) is 0 Å². The fourth-order valence-electron chi connectivity index (χ4n) is 4.14. The lowest BCUT2D eigenvalue weighted by Gasteiger charge is -2.43. The molecule has 1 aliphatic rings. The minimum Gasteiger partial charge on any atom is -0.492 e. The van der Waals surface area contributed by atoms with E-state index in [1.54, 1.807) is 18.5 Å². The Bertz CT molecular complexity index is 886. The number of anilines is 2. The van der Waals surface area contributed by atoms with Crippen molar-refractivity contribution >= 4 is 17.3 Å². The van der Waals surface area contributed by atoms with E-state index in [1.807, 2.05) is 30.6 Å². The first kappa shape index (κ1) is 22.9. The average molecular weight is 435 g/mol. The van der Waals surface area contributed by atoms with Gasteiger partial charge < -0.3 is 14.5 Å². The largest absolute Gasteiger partial charge is 0.492 e. The number of alkyl halides is 3. The predicted molar refractivity (Wildman–Crippen MR) is 113 cm³/mol. The number of nitrogens with zero attached hydrogens (tertiary/aromatic N) is 3. The summed E-state index contributed by atoms with van der Waals surface area (Å²) in [5.41, 5.74) is 0.648. The molecule has 0 aliphatic carbocycles. The summed E-state index contributed by atoms with van der Waals surface area (Å²) in [5, 5.41) is 0. The van der Waals surface area contributed by atoms with Crippen molar-refractivity contribution in [3.63, 3.8) is 0 Å². The Morgan fingerprint density at radius 2 is 1.94 bits per heavy atom. The van der Waals surface area contributed by atoms with E-state index in [-0.39, 0.29) is 18.0 Å². The number of carbonyl (C=O) groups excluding carboxylic acids is 1. The van der Waals surface area contributed by atoms with Gasteiger partial charge in [-0.15, -0.1) is 0 Å². The summed E-state index contributed by atoms with van der Waals surface area (Å²) in [6.45, 7) is 6.79. The molecule has 31 heavy (non-hydrogen) atoms. The van der Waals surface area contributed by atoms with E-state index in [1.165, 1.54) is 12.1 Å². The second-order valence-electron chi connectivity index (χ2n) is 7.66. The Morgan fingerprint density at radius 3 is 2.52 bits per heavy atom. The van der Waals surface area contributed by atoms with E-state index in [4.69, 9.17) is 4.74 Å². The molecule has 0 radical (unpaired) electrons. The first-order chi connectivity index (χ1) is 14.8. The van der Waals surface area contributed by atoms with Crippen LogP contribution >= 0.6 is 0 Å². The van der Waals surface area contributed by atoms with Crippen molar-refractivity contribution in [2.75, 3.05) is 18.1 Å². The molecule has 0 bridgehead atoms. The number of likely N-dealkylation sites (tertiary alicyclic amines) is 1. The lowest BCUT2D eigenvalue weighted by molar-refractivity contribution is -0.137. The number of hydrogen-bond donors (Lipinski definition) is 0. The summed E-state index contributed by atoms with van der Waals surface area (Å²) < 4.78 is 45.0. The number of pyridine rings is 1. The normalized spacial score (nSPS) is 19.2. The molecule has 1 amide bonds. The molecule has 3 rings (SSSR count). The van der Waals surface area contributed by atoms with E-state index in [0.29, 0.717) is 49.5 Å². The van der Waals surface area contributed by atoms with Crippen molar-refractivity contribution in [1.82, 2.24) is 9.88 Å². The number of carbonyl (C=O) groups is 1. The summed E-state index contributed by atoms with van der Waals surface area (Å²) in [5.74, 6) is 0.737. The van der Waals surface area contributed by atoms with Crippen molar-refractivity contribution in [3.05, 3.63) is 48.3 Å². The molecule has 1 fully saturated rings. The lowest BCUT2D eigenvalue weighted by Crippen LogP contribution is -2.50. The smallest absolute Gasteiger partial charge is 0.416 e. The molecule has 2 heterocycles. The zero-order valence-corrected chi connectivity index (χ0v) is 18.0. The van der Waals surface area contributed by atoms with Crippen molar-refractivity contribution in [1.29, 1.82) is 0 Å². The van der Waals surface area contributed by atoms with Gasteiger partial charge in [0.1, 0.15) is 11.4 Å². The number of rotatable bonds is 6. The van der Waals surface area contributed by atoms with Crippen LogP contribution in [-0.2, 0) is 11.0 Å². The summed E-state index contributed by atoms with van der Waals surface area (Å²) in [6.07, 6.45) is 0.746. The third-order valence-corrected chi connectivity index (χ3v) is 5.63. The number of piperidine rings is 1. The van der Waals surface area contributed by atoms with E-state index in [2.05, 4.69) is 4.98 Å². The van der Waals surface area contributed by atoms with Crippen LogP contribution in [0.25, 0.3) is 0 Å². The highest BCUT2D eigenvalue weighted by Crippen LogP contribution is 2.39. The second-order valence-corrected chi connectivity index (χ2v) is 7.66. The summed E-state index contributed by atoms with van der Waals surface area (Å²) >= 11 is 0. The van der Waals surface area contributed by atoms with E-state index in [0.717, 1.165) is 12.1 Å². The minimum absolute atomic E-state index is 0.0175. The maximum absolute atomic E-state index is 13.1. The van der Waals surface area contributed by atoms with Crippen LogP contribution in [0.1, 0.15) is 45.6 Å². The van der Waals surface area contributed by atoms with Crippen molar-refractivity contribution in [3.8, 4) is 5.75 Å². The number of aromatic nitrogens is 1. The molecule has 5 nitrogen and oxygen atoms in total. The molecule has 8 heteroatoms. The molecule has 2 unspecified atom stereocenters. The Kier molecular flexibility index (Phi) is 7.08. The first-order valence-corrected chi connectivity index (χ1v) is 10.6. The molecular formula is C23H28F3N3O2. The third-order valence-electron chi connectivity index (χ3n) is 5.63. The molecule has 1 saturated heterocycles. The van der Waals surface area contributed by atoms with Gasteiger partial charge in [-0.25, -0.2) is 0 Å². The molecule has 1 aromatic carbocycles. The summed E-state index contributed by atoms with van der Waals surface area (Å²) in [7, 11) is 0. The predicted octanol–water partition coefficient (Wildman–Crippen LogP) is 5.43. The van der Waals surface area contributed by atoms with Gasteiger partial charge in [0.2, 0.25) is 5.91 Å². The maximum atomic E-state index is 13.1. The van der Waals surface area contributed by atoms with Crippen molar-refractivity contribution < 1.29 is 22.7 Å². The Labute approximate surface area is 180 Å². The van der Waals surface area contributed by atoms with Crippen LogP contribution in [0.15, 0.2) is 42.7 Å². The van der Waals surface area contributed by atoms with Crippen LogP contribution in [0.4, 0.5) is 24.5 Å². The van der Waals surface area contributed by atoms with E-state index >= 15 is 0 Å². The SMILES string of the molecule is CCOc1ccncc1N(c1ccc(C(F)(F)F)cc1)C1CCN(C(=O)CC)C(C)C1. The molecule has 1 aromatic heterocycles. The van der Waals surface area contributed by atoms with Crippen LogP contribution in [0.5, 0.6) is 5.75 Å². The summed E-state index contributed by atoms with van der Waals surface area (Å²) in [4.78, 5) is 20.4. The van der Waals surface area contributed by atoms with Crippen LogP contribution < -0.4 is 9.64 Å². The molecule has 0 spiro atoms. The number of ether oxygens (including phenoxy) is 1. The quantitative estimate of drug-likeness (QED) is 0.607. The molecule has 0 saturated carbocycles. The standard InChI is InChI=1S/C23H28F3N3O2/c1-4-22(30)28-13-11-19(14-16(28)3)29(20-15-27-12-10-21(20)31-5-2)18-8-6-17(7-9-18)23(24,25)26/h6-10,12,15-16,19H,4-5,11,13-14H2,1-3H3. The zero-order chi connectivity index (χ0) is 22.6. The van der Waals surface area contributed by atoms with Gasteiger partial charge in [-0.3, -0.25) is 9.78 Å². The fourth-order valence-corrected chi connectivity index (χ4v) is 4.14. The van der Waals surface area contributed by atoms with Gasteiger partial charge in [0.05, 0.1) is 18.4 Å². The van der Waals surface area contributed by atoms with Crippen molar-refractivity contribution in [2.45, 2.75) is 58.3 Å². The Morgan fingerprint density at radius 1 is 1.23 bits per heavy atom. The Hall–Kier alpha value is -2.77. The van der Waals surface area contributed by atoms with Gasteiger partial charge in [-0.1, -0.05) is 6.92 Å². The highest BCUT2D eigenvalue weighted by Gasteiger charge is 2.34. The number of hydrogen-bond acceptors (Lipinski definition) is 4. The monoisotopic (exact) mass is 435 g/mol. The van der Waals surface area contributed by atoms with Crippen LogP contribution in [0.3, 0.4) is 0 Å². The van der Waals surface area contributed by atoms with Gasteiger partial charge in [-0.2, -0.15) is 13.2 Å². The molecular weight excluding hydrogens is 407 g/mol. The number of halogens is 3. The van der Waals surface area contributed by atoms with Gasteiger partial charge in [0.25, 0.3) is 0 Å². The van der Waals surface area contributed by atoms with Gasteiger partial charge in [0, 0.05) is 43.0 Å². The van der Waals surface area contributed by atoms with Gasteiger partial charge in [0.15, 0.2) is 0 Å². The fraction of sp³-hybridized carbons (Fsp3) is 0.478. The lowest BCUT2D eigenvalue weighted by atomic mass is 9.95. The maximum Gasteiger partial charge on any atom is 0.416 e. The average Bonchev–Trinajstić information content (AvgIpc) is 2.75. The highest BCUT2D eigenvalue weighted by atomic mass is 19.4. The first-order valence-electron chi connectivity index (χ1n) is 10.6. The van der Waals surface area contributed by atoms with Crippen LogP contribution in [0.2, 0.25) is 0 Å². The van der Waals surface area contributed by atoms with Gasteiger partial charge >= 0.3 is 6.18 Å². The zero-order valence-electron chi connectivity index (χ0n) is 18.0. The van der Waals surface area contributed by atoms with E-state index in [9.17, 15) is 18.0 Å². The van der Waals surface area contributed by atoms with Crippen LogP contribution in [-0.4, -0.2) is 41.0 Å². The summed E-state index contributed by atoms with van der Waals surface area (Å²) in [6, 6.07) is 6.93. The Balaban J connectivity index is 1.99. The van der Waals surface area contributed by atoms with Crippen LogP contribution in [0, 0.1) is 0 Å². The van der Waals surface area contributed by atoms with Gasteiger partial charge in [-0.05, 0) is 51.0 Å². The highest BCUT2D eigenvalue weighted by molar-refractivity contribution is 5.76. The number of benzene rings is 1. The molecule has 2 aromatic rings. The molecule has 1 aliphatic heterocycles. The number of amides is 1. The molecule has 168 valence electrons.